The number of alkyl halides is 3. The van der Waals surface area contributed by atoms with E-state index in [1.54, 1.807) is 13.0 Å². The highest BCUT2D eigenvalue weighted by Crippen LogP contribution is 2.30. The van der Waals surface area contributed by atoms with Gasteiger partial charge in [0.2, 0.25) is 10.0 Å². The minimum Gasteiger partial charge on any atom is -0.464 e. The van der Waals surface area contributed by atoms with E-state index in [9.17, 15) is 26.7 Å². The van der Waals surface area contributed by atoms with E-state index < -0.39 is 39.3 Å². The molecule has 0 bridgehead atoms. The van der Waals surface area contributed by atoms with E-state index in [0.29, 0.717) is 11.8 Å². The van der Waals surface area contributed by atoms with Crippen LogP contribution in [0.1, 0.15) is 23.2 Å². The predicted molar refractivity (Wildman–Crippen MR) is 75.0 cm³/mol. The second kappa shape index (κ2) is 6.34. The SMILES string of the molecule is Cc1ccc(C(O)CNS(=O)(=O)c2cccc(C(F)(F)F)c2)o1. The van der Waals surface area contributed by atoms with Gasteiger partial charge in [-0.2, -0.15) is 13.2 Å². The summed E-state index contributed by atoms with van der Waals surface area (Å²) in [5.74, 6) is 0.703. The fourth-order valence-electron chi connectivity index (χ4n) is 1.84. The Labute approximate surface area is 130 Å². The van der Waals surface area contributed by atoms with Gasteiger partial charge in [0.1, 0.15) is 17.6 Å². The van der Waals surface area contributed by atoms with Crippen LogP contribution in [0.25, 0.3) is 0 Å². The molecule has 9 heteroatoms. The summed E-state index contributed by atoms with van der Waals surface area (Å²) in [4.78, 5) is -0.532. The van der Waals surface area contributed by atoms with Crippen molar-refractivity contribution < 1.29 is 31.1 Å². The first-order chi connectivity index (χ1) is 10.6. The van der Waals surface area contributed by atoms with E-state index in [-0.39, 0.29) is 5.76 Å². The van der Waals surface area contributed by atoms with E-state index in [4.69, 9.17) is 4.42 Å². The van der Waals surface area contributed by atoms with Crippen LogP contribution in [0.15, 0.2) is 45.7 Å². The lowest BCUT2D eigenvalue weighted by atomic mass is 10.2. The summed E-state index contributed by atoms with van der Waals surface area (Å²) < 4.78 is 69.1. The molecule has 2 rings (SSSR count). The molecular weight excluding hydrogens is 335 g/mol. The quantitative estimate of drug-likeness (QED) is 0.870. The number of rotatable bonds is 5. The van der Waals surface area contributed by atoms with Crippen molar-refractivity contribution in [1.82, 2.24) is 4.72 Å². The molecule has 0 radical (unpaired) electrons. The molecule has 1 aromatic heterocycles. The van der Waals surface area contributed by atoms with Crippen LogP contribution in [0.2, 0.25) is 0 Å². The number of furan rings is 1. The second-order valence-electron chi connectivity index (χ2n) is 4.84. The van der Waals surface area contributed by atoms with E-state index in [0.717, 1.165) is 18.2 Å². The van der Waals surface area contributed by atoms with Crippen LogP contribution in [-0.2, 0) is 16.2 Å². The largest absolute Gasteiger partial charge is 0.464 e. The highest BCUT2D eigenvalue weighted by molar-refractivity contribution is 7.89. The lowest BCUT2D eigenvalue weighted by Gasteiger charge is -2.12. The molecule has 0 fully saturated rings. The summed E-state index contributed by atoms with van der Waals surface area (Å²) in [7, 11) is -4.19. The molecule has 2 N–H and O–H groups in total. The molecule has 2 aromatic rings. The van der Waals surface area contributed by atoms with E-state index in [1.165, 1.54) is 6.07 Å². The summed E-state index contributed by atoms with van der Waals surface area (Å²) in [6.07, 6.45) is -5.89. The zero-order chi connectivity index (χ0) is 17.3. The van der Waals surface area contributed by atoms with Gasteiger partial charge in [-0.25, -0.2) is 13.1 Å². The Hall–Kier alpha value is -1.84. The third kappa shape index (κ3) is 4.34. The molecule has 1 unspecified atom stereocenters. The number of nitrogens with one attached hydrogen (secondary N) is 1. The van der Waals surface area contributed by atoms with Gasteiger partial charge in [-0.05, 0) is 37.3 Å². The van der Waals surface area contributed by atoms with Crippen LogP contribution in [0.4, 0.5) is 13.2 Å². The van der Waals surface area contributed by atoms with Crippen LogP contribution in [0.5, 0.6) is 0 Å². The highest BCUT2D eigenvalue weighted by Gasteiger charge is 2.31. The average Bonchev–Trinajstić information content (AvgIpc) is 2.91. The number of hydrogen-bond donors (Lipinski definition) is 2. The van der Waals surface area contributed by atoms with Crippen molar-refractivity contribution in [1.29, 1.82) is 0 Å². The Balaban J connectivity index is 2.13. The zero-order valence-electron chi connectivity index (χ0n) is 12.0. The van der Waals surface area contributed by atoms with Crippen molar-refractivity contribution in [3.8, 4) is 0 Å². The van der Waals surface area contributed by atoms with Crippen molar-refractivity contribution in [3.63, 3.8) is 0 Å². The molecule has 0 amide bonds. The van der Waals surface area contributed by atoms with Crippen molar-refractivity contribution in [2.75, 3.05) is 6.54 Å². The second-order valence-corrected chi connectivity index (χ2v) is 6.61. The summed E-state index contributed by atoms with van der Waals surface area (Å²) in [5, 5.41) is 9.83. The van der Waals surface area contributed by atoms with Gasteiger partial charge in [0.05, 0.1) is 10.5 Å². The molecule has 0 saturated carbocycles. The highest BCUT2D eigenvalue weighted by atomic mass is 32.2. The van der Waals surface area contributed by atoms with Crippen molar-refractivity contribution in [2.24, 2.45) is 0 Å². The standard InChI is InChI=1S/C14H14F3NO4S/c1-9-5-6-13(22-9)12(19)8-18-23(20,21)11-4-2-3-10(7-11)14(15,16)17/h2-7,12,18-19H,8H2,1H3. The van der Waals surface area contributed by atoms with Gasteiger partial charge in [0.15, 0.2) is 0 Å². The molecule has 0 aliphatic carbocycles. The summed E-state index contributed by atoms with van der Waals surface area (Å²) in [5.41, 5.74) is -1.07. The van der Waals surface area contributed by atoms with Gasteiger partial charge >= 0.3 is 6.18 Å². The normalized spacial score (nSPS) is 14.0. The number of hydrogen-bond acceptors (Lipinski definition) is 4. The Morgan fingerprint density at radius 2 is 1.96 bits per heavy atom. The third-order valence-corrected chi connectivity index (χ3v) is 4.45. The Morgan fingerprint density at radius 1 is 1.26 bits per heavy atom. The van der Waals surface area contributed by atoms with Crippen LogP contribution >= 0.6 is 0 Å². The lowest BCUT2D eigenvalue weighted by Crippen LogP contribution is -2.28. The average molecular weight is 349 g/mol. The number of aliphatic hydroxyl groups excluding tert-OH is 1. The van der Waals surface area contributed by atoms with E-state index >= 15 is 0 Å². The van der Waals surface area contributed by atoms with Gasteiger partial charge in [-0.15, -0.1) is 0 Å². The van der Waals surface area contributed by atoms with Crippen LogP contribution in [0.3, 0.4) is 0 Å². The first-order valence-corrected chi connectivity index (χ1v) is 7.99. The number of benzene rings is 1. The maximum Gasteiger partial charge on any atom is 0.416 e. The minimum atomic E-state index is -4.64. The third-order valence-electron chi connectivity index (χ3n) is 3.03. The van der Waals surface area contributed by atoms with Crippen LogP contribution < -0.4 is 4.72 Å². The van der Waals surface area contributed by atoms with Gasteiger partial charge in [0.25, 0.3) is 0 Å². The summed E-state index contributed by atoms with van der Waals surface area (Å²) in [6.45, 7) is 1.23. The molecule has 0 aliphatic rings. The molecule has 0 spiro atoms. The first-order valence-electron chi connectivity index (χ1n) is 6.51. The monoisotopic (exact) mass is 349 g/mol. The molecular formula is C14H14F3NO4S. The Bertz CT molecular complexity index is 783. The molecule has 0 aliphatic heterocycles. The Kier molecular flexibility index (Phi) is 4.83. The molecule has 1 atom stereocenters. The van der Waals surface area contributed by atoms with Gasteiger partial charge in [0, 0.05) is 6.54 Å². The van der Waals surface area contributed by atoms with Crippen molar-refractivity contribution >= 4 is 10.0 Å². The fourth-order valence-corrected chi connectivity index (χ4v) is 2.93. The van der Waals surface area contributed by atoms with Crippen LogP contribution in [-0.4, -0.2) is 20.1 Å². The number of aryl methyl sites for hydroxylation is 1. The van der Waals surface area contributed by atoms with Gasteiger partial charge < -0.3 is 9.52 Å². The number of aliphatic hydroxyl groups is 1. The van der Waals surface area contributed by atoms with Crippen molar-refractivity contribution in [2.45, 2.75) is 24.1 Å². The maximum atomic E-state index is 12.6. The maximum absolute atomic E-state index is 12.6. The van der Waals surface area contributed by atoms with E-state index in [2.05, 4.69) is 4.72 Å². The van der Waals surface area contributed by atoms with Gasteiger partial charge in [-0.3, -0.25) is 0 Å². The fraction of sp³-hybridized carbons (Fsp3) is 0.286. The number of halogens is 3. The molecule has 0 saturated heterocycles. The molecule has 5 nitrogen and oxygen atoms in total. The molecule has 1 aromatic carbocycles. The van der Waals surface area contributed by atoms with E-state index in [1.807, 2.05) is 0 Å². The summed E-state index contributed by atoms with van der Waals surface area (Å²) in [6, 6.07) is 6.44. The number of sulfonamides is 1. The smallest absolute Gasteiger partial charge is 0.416 e. The Morgan fingerprint density at radius 3 is 2.52 bits per heavy atom. The van der Waals surface area contributed by atoms with Crippen molar-refractivity contribution in [3.05, 3.63) is 53.5 Å². The zero-order valence-corrected chi connectivity index (χ0v) is 12.8. The van der Waals surface area contributed by atoms with Crippen LogP contribution in [0, 0.1) is 6.92 Å². The lowest BCUT2D eigenvalue weighted by molar-refractivity contribution is -0.137. The molecule has 23 heavy (non-hydrogen) atoms. The molecule has 1 heterocycles. The minimum absolute atomic E-state index is 0.161. The van der Waals surface area contributed by atoms with Gasteiger partial charge in [-0.1, -0.05) is 6.07 Å². The summed E-state index contributed by atoms with van der Waals surface area (Å²) >= 11 is 0. The topological polar surface area (TPSA) is 79.5 Å². The predicted octanol–water partition coefficient (Wildman–Crippen LogP) is 2.62. The first kappa shape index (κ1) is 17.5. The molecule has 126 valence electrons.